The minimum absolute atomic E-state index is 0.187. The Morgan fingerprint density at radius 3 is 2.52 bits per heavy atom. The lowest BCUT2D eigenvalue weighted by molar-refractivity contribution is 0.153. The van der Waals surface area contributed by atoms with Crippen LogP contribution in [0, 0.1) is 0 Å². The third-order valence-corrected chi connectivity index (χ3v) is 4.47. The first-order valence-electron chi connectivity index (χ1n) is 9.06. The van der Waals surface area contributed by atoms with Crippen LogP contribution < -0.4 is 10.5 Å². The Morgan fingerprint density at radius 1 is 1.11 bits per heavy atom. The zero-order valence-electron chi connectivity index (χ0n) is 15.6. The van der Waals surface area contributed by atoms with Gasteiger partial charge < -0.3 is 4.74 Å². The first-order valence-corrected chi connectivity index (χ1v) is 9.06. The number of amides is 1. The van der Waals surface area contributed by atoms with Crippen LogP contribution in [-0.4, -0.2) is 29.9 Å². The van der Waals surface area contributed by atoms with E-state index in [0.717, 1.165) is 35.2 Å². The number of unbranched alkanes of at least 4 members (excludes halogenated alkanes) is 1. The maximum Gasteiger partial charge on any atom is 0.414 e. The van der Waals surface area contributed by atoms with Crippen LogP contribution in [0.5, 0.6) is 0 Å². The van der Waals surface area contributed by atoms with Crippen LogP contribution in [0.2, 0.25) is 0 Å². The molecule has 6 nitrogen and oxygen atoms in total. The topological polar surface area (TPSA) is 75.3 Å². The van der Waals surface area contributed by atoms with Gasteiger partial charge in [-0.3, -0.25) is 9.69 Å². The van der Waals surface area contributed by atoms with Crippen molar-refractivity contribution in [1.82, 2.24) is 10.2 Å². The summed E-state index contributed by atoms with van der Waals surface area (Å²) in [6, 6.07) is 15.1. The van der Waals surface area contributed by atoms with E-state index in [0.29, 0.717) is 18.4 Å². The number of rotatable bonds is 6. The smallest absolute Gasteiger partial charge is 0.414 e. The van der Waals surface area contributed by atoms with Gasteiger partial charge in [0.05, 0.1) is 17.7 Å². The molecule has 27 heavy (non-hydrogen) atoms. The second-order valence-corrected chi connectivity index (χ2v) is 6.42. The van der Waals surface area contributed by atoms with Crippen LogP contribution in [0.3, 0.4) is 0 Å². The van der Waals surface area contributed by atoms with E-state index in [1.165, 1.54) is 4.90 Å². The number of fused-ring (bicyclic) bond motifs is 1. The van der Waals surface area contributed by atoms with Crippen LogP contribution in [0.1, 0.15) is 31.0 Å². The van der Waals surface area contributed by atoms with E-state index in [1.54, 1.807) is 13.1 Å². The number of aromatic nitrogens is 2. The molecule has 140 valence electrons. The number of aromatic amines is 1. The van der Waals surface area contributed by atoms with Crippen molar-refractivity contribution in [2.75, 3.05) is 18.6 Å². The molecule has 0 fully saturated rings. The lowest BCUT2D eigenvalue weighted by Crippen LogP contribution is -2.27. The Balaban J connectivity index is 1.74. The van der Waals surface area contributed by atoms with Gasteiger partial charge >= 0.3 is 6.09 Å². The van der Waals surface area contributed by atoms with Crippen molar-refractivity contribution in [3.8, 4) is 0 Å². The largest absolute Gasteiger partial charge is 0.449 e. The SMILES string of the molecule is CCCCOC(=O)N(C)c1ccc(Cc2n[nH]c(=O)c3ccccc23)cc1. The third kappa shape index (κ3) is 4.34. The zero-order chi connectivity index (χ0) is 19.2. The summed E-state index contributed by atoms with van der Waals surface area (Å²) >= 11 is 0. The molecule has 1 aromatic heterocycles. The quantitative estimate of drug-likeness (QED) is 0.673. The number of benzene rings is 2. The molecule has 0 saturated carbocycles. The molecular formula is C21H23N3O3. The van der Waals surface area contributed by atoms with Crippen molar-refractivity contribution < 1.29 is 9.53 Å². The molecule has 6 heteroatoms. The van der Waals surface area contributed by atoms with Crippen molar-refractivity contribution in [2.24, 2.45) is 0 Å². The number of hydrogen-bond donors (Lipinski definition) is 1. The van der Waals surface area contributed by atoms with Gasteiger partial charge in [-0.1, -0.05) is 43.7 Å². The Bertz CT molecular complexity index is 980. The summed E-state index contributed by atoms with van der Waals surface area (Å²) in [7, 11) is 1.69. The summed E-state index contributed by atoms with van der Waals surface area (Å²) in [5, 5.41) is 8.25. The molecule has 0 aliphatic carbocycles. The Morgan fingerprint density at radius 2 is 1.81 bits per heavy atom. The average Bonchev–Trinajstić information content (AvgIpc) is 2.70. The highest BCUT2D eigenvalue weighted by molar-refractivity contribution is 5.87. The molecule has 2 aromatic carbocycles. The summed E-state index contributed by atoms with van der Waals surface area (Å²) in [5.74, 6) is 0. The van der Waals surface area contributed by atoms with Crippen LogP contribution in [-0.2, 0) is 11.2 Å². The molecule has 0 saturated heterocycles. The van der Waals surface area contributed by atoms with Crippen molar-refractivity contribution in [2.45, 2.75) is 26.2 Å². The first kappa shape index (κ1) is 18.6. The minimum atomic E-state index is -0.357. The van der Waals surface area contributed by atoms with Gasteiger partial charge in [0.1, 0.15) is 0 Å². The van der Waals surface area contributed by atoms with E-state index in [-0.39, 0.29) is 11.7 Å². The van der Waals surface area contributed by atoms with Gasteiger partial charge in [0.25, 0.3) is 5.56 Å². The van der Waals surface area contributed by atoms with Gasteiger partial charge in [0.2, 0.25) is 0 Å². The number of nitrogens with one attached hydrogen (secondary N) is 1. The summed E-state index contributed by atoms with van der Waals surface area (Å²) in [6.07, 6.45) is 2.07. The molecule has 3 rings (SSSR count). The van der Waals surface area contributed by atoms with E-state index in [2.05, 4.69) is 17.1 Å². The fraction of sp³-hybridized carbons (Fsp3) is 0.286. The maximum atomic E-state index is 12.0. The third-order valence-electron chi connectivity index (χ3n) is 4.47. The number of H-pyrrole nitrogens is 1. The average molecular weight is 365 g/mol. The molecule has 0 aliphatic heterocycles. The summed E-state index contributed by atoms with van der Waals surface area (Å²) in [5.41, 5.74) is 2.42. The molecule has 1 amide bonds. The van der Waals surface area contributed by atoms with Crippen molar-refractivity contribution in [3.63, 3.8) is 0 Å². The Kier molecular flexibility index (Phi) is 5.86. The van der Waals surface area contributed by atoms with Gasteiger partial charge in [0, 0.05) is 24.5 Å². The second kappa shape index (κ2) is 8.49. The number of hydrogen-bond acceptors (Lipinski definition) is 4. The van der Waals surface area contributed by atoms with Crippen molar-refractivity contribution in [1.29, 1.82) is 0 Å². The van der Waals surface area contributed by atoms with Crippen LogP contribution >= 0.6 is 0 Å². The summed E-state index contributed by atoms with van der Waals surface area (Å²) in [6.45, 7) is 2.49. The molecular weight excluding hydrogens is 342 g/mol. The van der Waals surface area contributed by atoms with E-state index in [4.69, 9.17) is 4.74 Å². The lowest BCUT2D eigenvalue weighted by atomic mass is 10.0. The van der Waals surface area contributed by atoms with Crippen molar-refractivity contribution in [3.05, 3.63) is 70.1 Å². The van der Waals surface area contributed by atoms with Gasteiger partial charge in [0.15, 0.2) is 0 Å². The van der Waals surface area contributed by atoms with Crippen molar-refractivity contribution >= 4 is 22.6 Å². The predicted molar refractivity (Wildman–Crippen MR) is 106 cm³/mol. The number of carbonyl (C=O) groups excluding carboxylic acids is 1. The van der Waals surface area contributed by atoms with E-state index < -0.39 is 0 Å². The first-order chi connectivity index (χ1) is 13.1. The number of anilines is 1. The van der Waals surface area contributed by atoms with Gasteiger partial charge in [-0.2, -0.15) is 5.10 Å². The maximum absolute atomic E-state index is 12.0. The Labute approximate surface area is 157 Å². The zero-order valence-corrected chi connectivity index (χ0v) is 15.6. The van der Waals surface area contributed by atoms with E-state index in [9.17, 15) is 9.59 Å². The fourth-order valence-corrected chi connectivity index (χ4v) is 2.84. The molecule has 0 atom stereocenters. The van der Waals surface area contributed by atoms with Gasteiger partial charge in [-0.05, 0) is 30.2 Å². The lowest BCUT2D eigenvalue weighted by Gasteiger charge is -2.17. The second-order valence-electron chi connectivity index (χ2n) is 6.42. The number of ether oxygens (including phenoxy) is 1. The molecule has 1 N–H and O–H groups in total. The minimum Gasteiger partial charge on any atom is -0.449 e. The summed E-state index contributed by atoms with van der Waals surface area (Å²) < 4.78 is 5.23. The van der Waals surface area contributed by atoms with Gasteiger partial charge in [-0.15, -0.1) is 0 Å². The highest BCUT2D eigenvalue weighted by Gasteiger charge is 2.12. The highest BCUT2D eigenvalue weighted by Crippen LogP contribution is 2.19. The van der Waals surface area contributed by atoms with Crippen LogP contribution in [0.4, 0.5) is 10.5 Å². The molecule has 3 aromatic rings. The fourth-order valence-electron chi connectivity index (χ4n) is 2.84. The van der Waals surface area contributed by atoms with Gasteiger partial charge in [-0.25, -0.2) is 9.89 Å². The standard InChI is InChI=1S/C21H23N3O3/c1-3-4-13-27-21(26)24(2)16-11-9-15(10-12-16)14-19-17-7-5-6-8-18(17)20(25)23-22-19/h5-12H,3-4,13-14H2,1-2H3,(H,23,25). The van der Waals surface area contributed by atoms with E-state index in [1.807, 2.05) is 42.5 Å². The molecule has 0 spiro atoms. The number of nitrogens with zero attached hydrogens (tertiary/aromatic N) is 2. The van der Waals surface area contributed by atoms with Crippen LogP contribution in [0.25, 0.3) is 10.8 Å². The molecule has 0 aliphatic rings. The molecule has 1 heterocycles. The Hall–Kier alpha value is -3.15. The molecule has 0 bridgehead atoms. The normalized spacial score (nSPS) is 10.7. The van der Waals surface area contributed by atoms with E-state index >= 15 is 0 Å². The summed E-state index contributed by atoms with van der Waals surface area (Å²) in [4.78, 5) is 25.4. The molecule has 0 radical (unpaired) electrons. The monoisotopic (exact) mass is 365 g/mol. The number of carbonyl (C=O) groups is 1. The predicted octanol–water partition coefficient (Wildman–Crippen LogP) is 3.89. The highest BCUT2D eigenvalue weighted by atomic mass is 16.6. The van der Waals surface area contributed by atoms with Crippen LogP contribution in [0.15, 0.2) is 53.3 Å². The molecule has 0 unspecified atom stereocenters.